The lowest BCUT2D eigenvalue weighted by Crippen LogP contribution is -2.25. The molecule has 1 aromatic carbocycles. The van der Waals surface area contributed by atoms with Crippen molar-refractivity contribution in [2.75, 3.05) is 5.73 Å². The number of anilines is 1. The minimum atomic E-state index is -4.77. The molecule has 0 spiro atoms. The molecule has 5 nitrogen and oxygen atoms in total. The summed E-state index contributed by atoms with van der Waals surface area (Å²) in [4.78, 5) is 11.7. The first-order chi connectivity index (χ1) is 9.62. The van der Waals surface area contributed by atoms with E-state index in [1.807, 2.05) is 0 Å². The second-order valence-corrected chi connectivity index (χ2v) is 4.35. The van der Waals surface area contributed by atoms with Gasteiger partial charge in [0.1, 0.15) is 11.4 Å². The predicted molar refractivity (Wildman–Crippen MR) is 65.9 cm³/mol. The SMILES string of the molecule is Nc1c(O)c(Cl)cc(F)c1-n1ncc(C(F)(F)F)cc1=O. The molecule has 1 aromatic heterocycles. The maximum Gasteiger partial charge on any atom is 0.418 e. The number of nitrogen functional groups attached to an aromatic ring is 1. The summed E-state index contributed by atoms with van der Waals surface area (Å²) in [6, 6.07) is 0.895. The zero-order valence-electron chi connectivity index (χ0n) is 9.95. The van der Waals surface area contributed by atoms with Crippen LogP contribution in [0.1, 0.15) is 5.56 Å². The topological polar surface area (TPSA) is 81.1 Å². The monoisotopic (exact) mass is 323 g/mol. The summed E-state index contributed by atoms with van der Waals surface area (Å²) in [5.74, 6) is -1.83. The van der Waals surface area contributed by atoms with Crippen LogP contribution in [0.25, 0.3) is 5.69 Å². The third-order valence-corrected chi connectivity index (χ3v) is 2.84. The van der Waals surface area contributed by atoms with E-state index in [1.54, 1.807) is 0 Å². The lowest BCUT2D eigenvalue weighted by molar-refractivity contribution is -0.138. The van der Waals surface area contributed by atoms with Crippen LogP contribution in [0.15, 0.2) is 23.1 Å². The number of aromatic nitrogens is 2. The van der Waals surface area contributed by atoms with E-state index in [2.05, 4.69) is 5.10 Å². The van der Waals surface area contributed by atoms with Gasteiger partial charge in [0.25, 0.3) is 5.56 Å². The fraction of sp³-hybridized carbons (Fsp3) is 0.0909. The Bertz CT molecular complexity index is 773. The van der Waals surface area contributed by atoms with E-state index in [4.69, 9.17) is 17.3 Å². The fourth-order valence-corrected chi connectivity index (χ4v) is 1.76. The summed E-state index contributed by atoms with van der Waals surface area (Å²) >= 11 is 5.48. The number of benzene rings is 1. The Kier molecular flexibility index (Phi) is 3.54. The lowest BCUT2D eigenvalue weighted by Gasteiger charge is -2.12. The molecule has 0 aliphatic carbocycles. The van der Waals surface area contributed by atoms with Gasteiger partial charge in [0, 0.05) is 6.07 Å². The van der Waals surface area contributed by atoms with E-state index in [1.165, 1.54) is 0 Å². The summed E-state index contributed by atoms with van der Waals surface area (Å²) in [5.41, 5.74) is 1.55. The summed E-state index contributed by atoms with van der Waals surface area (Å²) in [5, 5.41) is 12.3. The Morgan fingerprint density at radius 3 is 2.48 bits per heavy atom. The van der Waals surface area contributed by atoms with Crippen LogP contribution in [-0.2, 0) is 6.18 Å². The Balaban J connectivity index is 2.70. The smallest absolute Gasteiger partial charge is 0.418 e. The molecule has 0 bridgehead atoms. The van der Waals surface area contributed by atoms with Gasteiger partial charge < -0.3 is 10.8 Å². The Morgan fingerprint density at radius 1 is 1.33 bits per heavy atom. The fourth-order valence-electron chi connectivity index (χ4n) is 1.56. The second kappa shape index (κ2) is 4.92. The molecule has 0 radical (unpaired) electrons. The minimum Gasteiger partial charge on any atom is -0.504 e. The highest BCUT2D eigenvalue weighted by Crippen LogP contribution is 2.36. The van der Waals surface area contributed by atoms with E-state index in [-0.39, 0.29) is 6.07 Å². The van der Waals surface area contributed by atoms with Gasteiger partial charge in [-0.05, 0) is 6.07 Å². The zero-order chi connectivity index (χ0) is 15.9. The van der Waals surface area contributed by atoms with Gasteiger partial charge in [0.05, 0.1) is 16.8 Å². The number of phenolic OH excluding ortho intramolecular Hbond substituents is 1. The van der Waals surface area contributed by atoms with Crippen LogP contribution in [0.4, 0.5) is 23.2 Å². The number of aromatic hydroxyl groups is 1. The highest BCUT2D eigenvalue weighted by Gasteiger charge is 2.32. The van der Waals surface area contributed by atoms with Crippen molar-refractivity contribution in [3.63, 3.8) is 0 Å². The second-order valence-electron chi connectivity index (χ2n) is 3.94. The molecule has 0 aliphatic heterocycles. The van der Waals surface area contributed by atoms with Crippen molar-refractivity contribution >= 4 is 17.3 Å². The number of alkyl halides is 3. The molecule has 1 heterocycles. The molecule has 0 aliphatic rings. The maximum atomic E-state index is 13.8. The number of nitrogens with zero attached hydrogens (tertiary/aromatic N) is 2. The van der Waals surface area contributed by atoms with Crippen LogP contribution in [0, 0.1) is 5.82 Å². The summed E-state index contributed by atoms with van der Waals surface area (Å²) in [6.07, 6.45) is -4.43. The molecule has 0 fully saturated rings. The van der Waals surface area contributed by atoms with Crippen LogP contribution in [0.5, 0.6) is 5.75 Å². The number of phenols is 1. The number of rotatable bonds is 1. The molecule has 0 unspecified atom stereocenters. The predicted octanol–water partition coefficient (Wildman–Crippen LogP) is 2.33. The highest BCUT2D eigenvalue weighted by molar-refractivity contribution is 6.32. The molecule has 21 heavy (non-hydrogen) atoms. The van der Waals surface area contributed by atoms with Crippen molar-refractivity contribution in [2.45, 2.75) is 6.18 Å². The molecule has 3 N–H and O–H groups in total. The molecule has 2 rings (SSSR count). The van der Waals surface area contributed by atoms with Crippen LogP contribution in [-0.4, -0.2) is 14.9 Å². The molecule has 2 aromatic rings. The summed E-state index contributed by atoms with van der Waals surface area (Å²) in [7, 11) is 0. The van der Waals surface area contributed by atoms with Gasteiger partial charge in [0.2, 0.25) is 0 Å². The Labute approximate surface area is 119 Å². The van der Waals surface area contributed by atoms with Gasteiger partial charge in [-0.3, -0.25) is 4.79 Å². The van der Waals surface area contributed by atoms with Crippen molar-refractivity contribution in [1.29, 1.82) is 0 Å². The van der Waals surface area contributed by atoms with Crippen molar-refractivity contribution in [2.24, 2.45) is 0 Å². The van der Waals surface area contributed by atoms with Gasteiger partial charge in [-0.2, -0.15) is 23.0 Å². The molecular weight excluding hydrogens is 318 g/mol. The number of hydrogen-bond acceptors (Lipinski definition) is 4. The third-order valence-electron chi connectivity index (χ3n) is 2.56. The molecule has 10 heteroatoms. The van der Waals surface area contributed by atoms with E-state index < -0.39 is 45.3 Å². The first-order valence-electron chi connectivity index (χ1n) is 5.26. The molecule has 0 saturated heterocycles. The van der Waals surface area contributed by atoms with Crippen LogP contribution in [0.2, 0.25) is 5.02 Å². The van der Waals surface area contributed by atoms with E-state index >= 15 is 0 Å². The first kappa shape index (κ1) is 15.1. The van der Waals surface area contributed by atoms with Crippen LogP contribution < -0.4 is 11.3 Å². The third kappa shape index (κ3) is 2.64. The number of nitrogens with two attached hydrogens (primary N) is 1. The highest BCUT2D eigenvalue weighted by atomic mass is 35.5. The van der Waals surface area contributed by atoms with Crippen molar-refractivity contribution < 1.29 is 22.7 Å². The number of hydrogen-bond donors (Lipinski definition) is 2. The Hall–Kier alpha value is -2.29. The van der Waals surface area contributed by atoms with Gasteiger partial charge in [-0.1, -0.05) is 11.6 Å². The van der Waals surface area contributed by atoms with Crippen LogP contribution in [0.3, 0.4) is 0 Å². The molecular formula is C11H6ClF4N3O2. The first-order valence-corrected chi connectivity index (χ1v) is 5.64. The average molecular weight is 324 g/mol. The lowest BCUT2D eigenvalue weighted by atomic mass is 10.2. The van der Waals surface area contributed by atoms with E-state index in [0.29, 0.717) is 16.9 Å². The quantitative estimate of drug-likeness (QED) is 0.479. The standard InChI is InChI=1S/C11H6ClF4N3O2/c12-5-2-6(13)9(8(17)10(5)21)19-7(20)1-4(3-18-19)11(14,15)16/h1-3,21H,17H2. The van der Waals surface area contributed by atoms with E-state index in [9.17, 15) is 27.5 Å². The minimum absolute atomic E-state index is 0.234. The Morgan fingerprint density at radius 2 is 1.95 bits per heavy atom. The van der Waals surface area contributed by atoms with Gasteiger partial charge in [0.15, 0.2) is 11.6 Å². The summed E-state index contributed by atoms with van der Waals surface area (Å²) in [6.45, 7) is 0. The summed E-state index contributed by atoms with van der Waals surface area (Å²) < 4.78 is 51.4. The van der Waals surface area contributed by atoms with E-state index in [0.717, 1.165) is 0 Å². The average Bonchev–Trinajstić information content (AvgIpc) is 2.37. The number of halogens is 5. The normalized spacial score (nSPS) is 11.7. The largest absolute Gasteiger partial charge is 0.504 e. The van der Waals surface area contributed by atoms with Gasteiger partial charge >= 0.3 is 6.18 Å². The van der Waals surface area contributed by atoms with Crippen molar-refractivity contribution in [3.05, 3.63) is 45.1 Å². The van der Waals surface area contributed by atoms with Gasteiger partial charge in [-0.25, -0.2) is 4.39 Å². The molecule has 112 valence electrons. The molecule has 0 atom stereocenters. The van der Waals surface area contributed by atoms with Gasteiger partial charge in [-0.15, -0.1) is 0 Å². The van der Waals surface area contributed by atoms with Crippen molar-refractivity contribution in [1.82, 2.24) is 9.78 Å². The van der Waals surface area contributed by atoms with Crippen LogP contribution >= 0.6 is 11.6 Å². The van der Waals surface area contributed by atoms with Crippen molar-refractivity contribution in [3.8, 4) is 11.4 Å². The molecule has 0 amide bonds. The maximum absolute atomic E-state index is 13.8. The zero-order valence-corrected chi connectivity index (χ0v) is 10.7. The molecule has 0 saturated carbocycles.